The molecule has 18 atom stereocenters. The van der Waals surface area contributed by atoms with Gasteiger partial charge in [0.05, 0.1) is 26.4 Å². The minimum Gasteiger partial charge on any atom is -0.394 e. The second kappa shape index (κ2) is 16.4. The molecule has 4 saturated heterocycles. The Hall–Kier alpha value is -1.38. The summed E-state index contributed by atoms with van der Waals surface area (Å²) in [7, 11) is 0. The Kier molecular flexibility index (Phi) is 13.9. The molecule has 4 fully saturated rings. The number of hydrogen-bond donors (Lipinski definition) is 12. The lowest BCUT2D eigenvalue weighted by molar-refractivity contribution is -0.318. The first-order chi connectivity index (χ1) is 20.8. The molecule has 0 spiro atoms. The smallest absolute Gasteiger partial charge is 0.187 e. The maximum absolute atomic E-state index is 10.6. The molecule has 4 rings (SSSR count). The van der Waals surface area contributed by atoms with Gasteiger partial charge in [0.2, 0.25) is 0 Å². The average molecular weight is 649 g/mol. The van der Waals surface area contributed by atoms with Crippen molar-refractivity contribution in [3.63, 3.8) is 0 Å². The molecule has 4 heterocycles. The molecule has 12 N–H and O–H groups in total. The van der Waals surface area contributed by atoms with Crippen molar-refractivity contribution in [2.45, 2.75) is 110 Å². The van der Waals surface area contributed by atoms with Crippen LogP contribution in [-0.2, 0) is 38.0 Å². The molecule has 0 aromatic carbocycles. The van der Waals surface area contributed by atoms with Crippen LogP contribution in [0.25, 0.3) is 0 Å². The summed E-state index contributed by atoms with van der Waals surface area (Å²) in [5.74, 6) is 0. The van der Waals surface area contributed by atoms with Gasteiger partial charge < -0.3 is 99.3 Å². The topological polar surface area (TPSA) is 332 Å². The van der Waals surface area contributed by atoms with Crippen LogP contribution in [0.1, 0.15) is 0 Å². The molecule has 20 nitrogen and oxygen atoms in total. The highest BCUT2D eigenvalue weighted by molar-refractivity contribution is 5.57. The normalized spacial score (nSPS) is 47.4. The first kappa shape index (κ1) is 37.1. The molecule has 0 bridgehead atoms. The van der Waals surface area contributed by atoms with Crippen LogP contribution in [0, 0.1) is 0 Å². The highest BCUT2D eigenvalue weighted by Crippen LogP contribution is 2.29. The number of aliphatic hydroxyl groups is 12. The van der Waals surface area contributed by atoms with Gasteiger partial charge in [-0.15, -0.1) is 0 Å². The molecule has 0 aromatic rings. The molecule has 0 saturated carbocycles. The minimum atomic E-state index is -1.65. The van der Waals surface area contributed by atoms with E-state index in [-0.39, 0.29) is 25.8 Å². The van der Waals surface area contributed by atoms with Crippen LogP contribution < -0.4 is 0 Å². The van der Waals surface area contributed by atoms with Crippen molar-refractivity contribution in [1.29, 1.82) is 0 Å². The maximum Gasteiger partial charge on any atom is 0.187 e. The summed E-state index contributed by atoms with van der Waals surface area (Å²) in [6, 6.07) is 0. The zero-order valence-electron chi connectivity index (χ0n) is 23.0. The van der Waals surface area contributed by atoms with Crippen molar-refractivity contribution in [2.75, 3.05) is 26.4 Å². The van der Waals surface area contributed by atoms with E-state index in [1.807, 2.05) is 0 Å². The van der Waals surface area contributed by atoms with E-state index in [0.29, 0.717) is 0 Å². The molecular formula is C24H40O20. The van der Waals surface area contributed by atoms with E-state index < -0.39 is 123 Å². The SMILES string of the molecule is O=C[C@H](O)[C@H]1OC[C@@H](O)[C@@H]1O[C@@H]1O[C@H](CO)[C@@H](O)[C@H](O)[C@H]1O.O=C[C@H](O)[C@H]1OC[C@@H](O)[C@@H]1O[C@@H]1O[C@H](CO)[C@@H](O)[C@H](O)[C@H]1O. The number of aliphatic hydroxyl groups excluding tert-OH is 12. The van der Waals surface area contributed by atoms with Gasteiger partial charge in [-0.2, -0.15) is 0 Å². The molecule has 0 amide bonds. The third-order valence-electron chi connectivity index (χ3n) is 7.56. The van der Waals surface area contributed by atoms with Crippen LogP contribution in [0.2, 0.25) is 0 Å². The second-order valence-electron chi connectivity index (χ2n) is 10.6. The fraction of sp³-hybridized carbons (Fsp3) is 0.917. The van der Waals surface area contributed by atoms with Gasteiger partial charge in [0.25, 0.3) is 0 Å². The van der Waals surface area contributed by atoms with E-state index in [1.165, 1.54) is 0 Å². The van der Waals surface area contributed by atoms with Gasteiger partial charge in [-0.25, -0.2) is 0 Å². The van der Waals surface area contributed by atoms with Gasteiger partial charge in [0, 0.05) is 0 Å². The van der Waals surface area contributed by atoms with Crippen molar-refractivity contribution in [3.8, 4) is 0 Å². The number of hydrogen-bond acceptors (Lipinski definition) is 20. The van der Waals surface area contributed by atoms with Gasteiger partial charge in [-0.1, -0.05) is 0 Å². The number of ether oxygens (including phenoxy) is 6. The zero-order chi connectivity index (χ0) is 32.9. The second-order valence-corrected chi connectivity index (χ2v) is 10.6. The van der Waals surface area contributed by atoms with Crippen molar-refractivity contribution in [1.82, 2.24) is 0 Å². The zero-order valence-corrected chi connectivity index (χ0v) is 23.0. The lowest BCUT2D eigenvalue weighted by Crippen LogP contribution is -2.60. The Morgan fingerprint density at radius 3 is 1.23 bits per heavy atom. The predicted molar refractivity (Wildman–Crippen MR) is 133 cm³/mol. The quantitative estimate of drug-likeness (QED) is 0.0978. The van der Waals surface area contributed by atoms with E-state index in [2.05, 4.69) is 0 Å². The van der Waals surface area contributed by atoms with Gasteiger partial charge in [-0.05, 0) is 0 Å². The van der Waals surface area contributed by atoms with Gasteiger partial charge in [0.15, 0.2) is 25.2 Å². The third kappa shape index (κ3) is 8.12. The fourth-order valence-electron chi connectivity index (χ4n) is 4.98. The number of aldehydes is 2. The van der Waals surface area contributed by atoms with E-state index in [4.69, 9.17) is 38.6 Å². The third-order valence-corrected chi connectivity index (χ3v) is 7.56. The Bertz CT molecular complexity index is 824. The van der Waals surface area contributed by atoms with Crippen molar-refractivity contribution in [2.24, 2.45) is 0 Å². The van der Waals surface area contributed by atoms with E-state index >= 15 is 0 Å². The standard InChI is InChI=1S/2C12H20O10/c2*13-1-4(15)10-11(5(16)3-20-10)22-12-9(19)8(18)7(17)6(2-14)21-12/h2*1,4-12,14-19H,2-3H2/t2*4-,5+,6+,7+,8-,9+,10+,11-,12-/m00/s1. The van der Waals surface area contributed by atoms with Crippen LogP contribution >= 0.6 is 0 Å². The summed E-state index contributed by atoms with van der Waals surface area (Å²) in [5, 5.41) is 115. The van der Waals surface area contributed by atoms with Crippen LogP contribution in [0.5, 0.6) is 0 Å². The molecule has 44 heavy (non-hydrogen) atoms. The first-order valence-electron chi connectivity index (χ1n) is 13.6. The molecule has 256 valence electrons. The lowest BCUT2D eigenvalue weighted by Gasteiger charge is -2.41. The molecular weight excluding hydrogens is 608 g/mol. The fourth-order valence-corrected chi connectivity index (χ4v) is 4.98. The van der Waals surface area contributed by atoms with Crippen molar-refractivity contribution in [3.05, 3.63) is 0 Å². The maximum atomic E-state index is 10.6. The Morgan fingerprint density at radius 2 is 0.932 bits per heavy atom. The molecule has 4 aliphatic heterocycles. The number of rotatable bonds is 10. The molecule has 0 unspecified atom stereocenters. The number of carbonyl (C=O) groups is 2. The van der Waals surface area contributed by atoms with Gasteiger partial charge in [0.1, 0.15) is 97.7 Å². The Labute approximate surface area is 249 Å². The van der Waals surface area contributed by atoms with Crippen molar-refractivity contribution < 1.29 is 99.3 Å². The van der Waals surface area contributed by atoms with Crippen LogP contribution in [0.15, 0.2) is 0 Å². The van der Waals surface area contributed by atoms with Crippen LogP contribution in [-0.4, -0.2) is 211 Å². The Balaban J connectivity index is 0.000000240. The summed E-state index contributed by atoms with van der Waals surface area (Å²) in [6.45, 7) is -1.65. The summed E-state index contributed by atoms with van der Waals surface area (Å²) in [4.78, 5) is 21.3. The molecule has 0 aliphatic carbocycles. The first-order valence-corrected chi connectivity index (χ1v) is 13.6. The predicted octanol–water partition coefficient (Wildman–Crippen LogP) is -9.02. The van der Waals surface area contributed by atoms with E-state index in [1.54, 1.807) is 0 Å². The summed E-state index contributed by atoms with van der Waals surface area (Å²) in [5.41, 5.74) is 0. The Morgan fingerprint density at radius 1 is 0.591 bits per heavy atom. The molecule has 20 heteroatoms. The molecule has 4 aliphatic rings. The highest BCUT2D eigenvalue weighted by atomic mass is 16.7. The minimum absolute atomic E-state index is 0.197. The lowest BCUT2D eigenvalue weighted by atomic mass is 9.99. The molecule has 0 radical (unpaired) electrons. The van der Waals surface area contributed by atoms with Crippen molar-refractivity contribution >= 4 is 12.6 Å². The molecule has 0 aromatic heterocycles. The average Bonchev–Trinajstić information content (AvgIpc) is 3.58. The summed E-state index contributed by atoms with van der Waals surface area (Å²) >= 11 is 0. The summed E-state index contributed by atoms with van der Waals surface area (Å²) in [6.07, 6.45) is -24.7. The van der Waals surface area contributed by atoms with Crippen LogP contribution in [0.4, 0.5) is 0 Å². The summed E-state index contributed by atoms with van der Waals surface area (Å²) < 4.78 is 31.0. The van der Waals surface area contributed by atoms with Gasteiger partial charge >= 0.3 is 0 Å². The highest BCUT2D eigenvalue weighted by Gasteiger charge is 2.50. The van der Waals surface area contributed by atoms with E-state index in [9.17, 15) is 60.7 Å². The van der Waals surface area contributed by atoms with E-state index in [0.717, 1.165) is 0 Å². The van der Waals surface area contributed by atoms with Crippen LogP contribution in [0.3, 0.4) is 0 Å². The monoisotopic (exact) mass is 648 g/mol. The largest absolute Gasteiger partial charge is 0.394 e. The van der Waals surface area contributed by atoms with Gasteiger partial charge in [-0.3, -0.25) is 0 Å². The number of carbonyl (C=O) groups excluding carboxylic acids is 2.